The Morgan fingerprint density at radius 3 is 2.53 bits per heavy atom. The maximum atomic E-state index is 12.0. The molecule has 2 aliphatic rings. The molecule has 3 nitrogen and oxygen atoms in total. The first-order valence-corrected chi connectivity index (χ1v) is 5.53. The van der Waals surface area contributed by atoms with Gasteiger partial charge in [0.1, 0.15) is 5.60 Å². The first-order valence-electron chi connectivity index (χ1n) is 5.53. The average Bonchev–Trinajstić information content (AvgIpc) is 2.52. The van der Waals surface area contributed by atoms with E-state index in [1.165, 1.54) is 0 Å². The van der Waals surface area contributed by atoms with Crippen molar-refractivity contribution in [3.8, 4) is 0 Å². The molecule has 2 rings (SSSR count). The second kappa shape index (κ2) is 3.00. The van der Waals surface area contributed by atoms with Gasteiger partial charge >= 0.3 is 6.09 Å². The minimum atomic E-state index is -0.407. The predicted octanol–water partition coefficient (Wildman–Crippen LogP) is 2.71. The minimum absolute atomic E-state index is 0.104. The van der Waals surface area contributed by atoms with Crippen LogP contribution in [-0.4, -0.2) is 28.2 Å². The Balaban J connectivity index is 2.11. The zero-order valence-electron chi connectivity index (χ0n) is 9.91. The molecular formula is C12H19NO2. The summed E-state index contributed by atoms with van der Waals surface area (Å²) in [6.07, 6.45) is 6.18. The van der Waals surface area contributed by atoms with Crippen LogP contribution in [0.15, 0.2) is 12.2 Å². The Morgan fingerprint density at radius 1 is 1.53 bits per heavy atom. The third-order valence-corrected chi connectivity index (χ3v) is 3.10. The van der Waals surface area contributed by atoms with Crippen LogP contribution < -0.4 is 0 Å². The summed E-state index contributed by atoms with van der Waals surface area (Å²) in [4.78, 5) is 13.9. The quantitative estimate of drug-likeness (QED) is 0.574. The van der Waals surface area contributed by atoms with E-state index in [9.17, 15) is 4.79 Å². The van der Waals surface area contributed by atoms with Crippen molar-refractivity contribution in [2.45, 2.75) is 57.7 Å². The molecule has 2 atom stereocenters. The lowest BCUT2D eigenvalue weighted by Crippen LogP contribution is -2.46. The van der Waals surface area contributed by atoms with Gasteiger partial charge in [-0.3, -0.25) is 4.90 Å². The maximum absolute atomic E-state index is 12.0. The molecule has 1 saturated heterocycles. The van der Waals surface area contributed by atoms with Crippen molar-refractivity contribution in [2.24, 2.45) is 0 Å². The van der Waals surface area contributed by atoms with Crippen LogP contribution in [0.3, 0.4) is 0 Å². The van der Waals surface area contributed by atoms with Crippen LogP contribution in [0, 0.1) is 0 Å². The van der Waals surface area contributed by atoms with Gasteiger partial charge in [-0.2, -0.15) is 0 Å². The molecule has 0 aliphatic carbocycles. The van der Waals surface area contributed by atoms with E-state index in [1.54, 1.807) is 0 Å². The molecule has 0 saturated carbocycles. The first-order chi connectivity index (χ1) is 6.82. The fourth-order valence-corrected chi connectivity index (χ4v) is 2.39. The Morgan fingerprint density at radius 2 is 2.20 bits per heavy atom. The fraction of sp³-hybridized carbons (Fsp3) is 0.750. The van der Waals surface area contributed by atoms with Crippen LogP contribution in [0.25, 0.3) is 0 Å². The van der Waals surface area contributed by atoms with Crippen LogP contribution in [0.2, 0.25) is 0 Å². The van der Waals surface area contributed by atoms with Crippen LogP contribution in [0.1, 0.15) is 40.5 Å². The molecule has 2 aliphatic heterocycles. The van der Waals surface area contributed by atoms with E-state index in [1.807, 2.05) is 25.7 Å². The molecule has 0 aromatic heterocycles. The molecule has 1 fully saturated rings. The molecule has 2 bridgehead atoms. The minimum Gasteiger partial charge on any atom is -0.444 e. The molecule has 2 heterocycles. The SMILES string of the molecule is CC(C)(C)OC(=O)N1C2C=CC1(C)CC2. The number of amides is 1. The lowest BCUT2D eigenvalue weighted by Gasteiger charge is -2.32. The summed E-state index contributed by atoms with van der Waals surface area (Å²) in [5, 5.41) is 0. The summed E-state index contributed by atoms with van der Waals surface area (Å²) >= 11 is 0. The Labute approximate surface area is 91.1 Å². The molecule has 3 heteroatoms. The topological polar surface area (TPSA) is 29.5 Å². The van der Waals surface area contributed by atoms with Crippen molar-refractivity contribution < 1.29 is 9.53 Å². The van der Waals surface area contributed by atoms with E-state index in [4.69, 9.17) is 4.74 Å². The van der Waals surface area contributed by atoms with Gasteiger partial charge in [-0.25, -0.2) is 4.79 Å². The highest BCUT2D eigenvalue weighted by Crippen LogP contribution is 2.41. The van der Waals surface area contributed by atoms with Gasteiger partial charge in [-0.15, -0.1) is 0 Å². The van der Waals surface area contributed by atoms with E-state index in [0.29, 0.717) is 0 Å². The van der Waals surface area contributed by atoms with E-state index in [-0.39, 0.29) is 17.7 Å². The third-order valence-electron chi connectivity index (χ3n) is 3.10. The van der Waals surface area contributed by atoms with Gasteiger partial charge in [0.25, 0.3) is 0 Å². The van der Waals surface area contributed by atoms with Gasteiger partial charge in [-0.05, 0) is 40.5 Å². The summed E-state index contributed by atoms with van der Waals surface area (Å²) in [5.74, 6) is 0. The van der Waals surface area contributed by atoms with Gasteiger partial charge in [0, 0.05) is 0 Å². The van der Waals surface area contributed by atoms with Crippen molar-refractivity contribution >= 4 is 6.09 Å². The lowest BCUT2D eigenvalue weighted by atomic mass is 9.96. The van der Waals surface area contributed by atoms with Crippen molar-refractivity contribution in [1.29, 1.82) is 0 Å². The molecule has 0 aromatic rings. The number of nitrogens with zero attached hydrogens (tertiary/aromatic N) is 1. The lowest BCUT2D eigenvalue weighted by molar-refractivity contribution is 0.0147. The maximum Gasteiger partial charge on any atom is 0.411 e. The molecule has 0 radical (unpaired) electrons. The van der Waals surface area contributed by atoms with Crippen LogP contribution >= 0.6 is 0 Å². The van der Waals surface area contributed by atoms with Gasteiger partial charge in [0.15, 0.2) is 0 Å². The third kappa shape index (κ3) is 1.75. The summed E-state index contributed by atoms with van der Waals surface area (Å²) < 4.78 is 5.41. The highest BCUT2D eigenvalue weighted by Gasteiger charge is 2.48. The Hall–Kier alpha value is -0.990. The molecule has 0 spiro atoms. The summed E-state index contributed by atoms with van der Waals surface area (Å²) in [6.45, 7) is 7.80. The average molecular weight is 209 g/mol. The molecule has 15 heavy (non-hydrogen) atoms. The molecule has 2 unspecified atom stereocenters. The number of ether oxygens (including phenoxy) is 1. The Bertz CT molecular complexity index is 316. The second-order valence-electron chi connectivity index (χ2n) is 5.67. The van der Waals surface area contributed by atoms with E-state index < -0.39 is 5.60 Å². The predicted molar refractivity (Wildman–Crippen MR) is 58.6 cm³/mol. The number of hydrogen-bond acceptors (Lipinski definition) is 2. The zero-order valence-corrected chi connectivity index (χ0v) is 9.91. The molecular weight excluding hydrogens is 190 g/mol. The van der Waals surface area contributed by atoms with Crippen LogP contribution in [0.5, 0.6) is 0 Å². The highest BCUT2D eigenvalue weighted by atomic mass is 16.6. The zero-order chi connectivity index (χ0) is 11.3. The van der Waals surface area contributed by atoms with E-state index >= 15 is 0 Å². The monoisotopic (exact) mass is 209 g/mol. The van der Waals surface area contributed by atoms with E-state index in [0.717, 1.165) is 12.8 Å². The standard InChI is InChI=1S/C12H19NO2/c1-11(2,3)15-10(14)13-9-5-7-12(13,4)8-6-9/h5,7,9H,6,8H2,1-4H3. The van der Waals surface area contributed by atoms with Crippen molar-refractivity contribution in [2.75, 3.05) is 0 Å². The van der Waals surface area contributed by atoms with Crippen LogP contribution in [0.4, 0.5) is 4.79 Å². The van der Waals surface area contributed by atoms with Gasteiger partial charge in [0.2, 0.25) is 0 Å². The largest absolute Gasteiger partial charge is 0.444 e. The van der Waals surface area contributed by atoms with Crippen molar-refractivity contribution in [3.63, 3.8) is 0 Å². The van der Waals surface area contributed by atoms with Crippen molar-refractivity contribution in [3.05, 3.63) is 12.2 Å². The number of carbonyl (C=O) groups is 1. The van der Waals surface area contributed by atoms with E-state index in [2.05, 4.69) is 19.1 Å². The number of rotatable bonds is 0. The highest BCUT2D eigenvalue weighted by molar-refractivity contribution is 5.72. The normalized spacial score (nSPS) is 33.6. The smallest absolute Gasteiger partial charge is 0.411 e. The Kier molecular flexibility index (Phi) is 2.11. The number of hydrogen-bond donors (Lipinski definition) is 0. The molecule has 1 amide bonds. The summed E-state index contributed by atoms with van der Waals surface area (Å²) in [6, 6.07) is 0.254. The number of carbonyl (C=O) groups excluding carboxylic acids is 1. The van der Waals surface area contributed by atoms with Gasteiger partial charge in [-0.1, -0.05) is 12.2 Å². The first kappa shape index (κ1) is 10.5. The van der Waals surface area contributed by atoms with Gasteiger partial charge in [0.05, 0.1) is 11.6 Å². The summed E-state index contributed by atoms with van der Waals surface area (Å²) in [7, 11) is 0. The number of fused-ring (bicyclic) bond motifs is 2. The molecule has 84 valence electrons. The summed E-state index contributed by atoms with van der Waals surface area (Å²) in [5.41, 5.74) is -0.511. The fourth-order valence-electron chi connectivity index (χ4n) is 2.39. The molecule has 0 N–H and O–H groups in total. The molecule has 0 aromatic carbocycles. The van der Waals surface area contributed by atoms with Crippen molar-refractivity contribution in [1.82, 2.24) is 4.90 Å². The van der Waals surface area contributed by atoms with Crippen LogP contribution in [-0.2, 0) is 4.74 Å². The second-order valence-corrected chi connectivity index (χ2v) is 5.67. The van der Waals surface area contributed by atoms with Gasteiger partial charge < -0.3 is 4.74 Å².